The molecular weight excluding hydrogens is 482 g/mol. The quantitative estimate of drug-likeness (QED) is 0.410. The summed E-state index contributed by atoms with van der Waals surface area (Å²) in [6.45, 7) is 2.30. The van der Waals surface area contributed by atoms with Gasteiger partial charge in [-0.2, -0.15) is 14.8 Å². The third-order valence-corrected chi connectivity index (χ3v) is 6.56. The highest BCUT2D eigenvalue weighted by Crippen LogP contribution is 2.27. The van der Waals surface area contributed by atoms with Crippen LogP contribution in [-0.4, -0.2) is 80.3 Å². The molecule has 5 rings (SSSR count). The van der Waals surface area contributed by atoms with Crippen LogP contribution in [0.15, 0.2) is 43.1 Å². The van der Waals surface area contributed by atoms with Crippen LogP contribution in [0.5, 0.6) is 5.75 Å². The van der Waals surface area contributed by atoms with E-state index in [0.717, 1.165) is 22.3 Å². The molecule has 190 valence electrons. The molecule has 1 aliphatic rings. The highest BCUT2D eigenvalue weighted by atomic mass is 19.2. The van der Waals surface area contributed by atoms with Gasteiger partial charge in [-0.05, 0) is 18.2 Å². The number of aromatic nitrogens is 5. The molecule has 1 unspecified atom stereocenters. The number of piperazine rings is 1. The predicted octanol–water partition coefficient (Wildman–Crippen LogP) is 3.02. The first-order chi connectivity index (χ1) is 18.0. The largest absolute Gasteiger partial charge is 0.494 e. The van der Waals surface area contributed by atoms with E-state index in [-0.39, 0.29) is 23.8 Å². The van der Waals surface area contributed by atoms with E-state index < -0.39 is 17.5 Å². The fraction of sp³-hybridized carbons (Fsp3) is 0.320. The maximum atomic E-state index is 14.4. The lowest BCUT2D eigenvalue weighted by atomic mass is 10.1. The summed E-state index contributed by atoms with van der Waals surface area (Å²) in [4.78, 5) is 28.1. The van der Waals surface area contributed by atoms with Gasteiger partial charge in [0.1, 0.15) is 12.0 Å². The minimum atomic E-state index is -1.21. The zero-order chi connectivity index (χ0) is 25.9. The van der Waals surface area contributed by atoms with Gasteiger partial charge < -0.3 is 14.6 Å². The lowest BCUT2D eigenvalue weighted by Crippen LogP contribution is -2.50. The van der Waals surface area contributed by atoms with Crippen molar-refractivity contribution in [2.75, 3.05) is 39.8 Å². The Labute approximate surface area is 211 Å². The number of hydrogen-bond acceptors (Lipinski definition) is 7. The van der Waals surface area contributed by atoms with Crippen LogP contribution in [0, 0.1) is 23.0 Å². The molecule has 3 aromatic heterocycles. The number of fused-ring (bicyclic) bond motifs is 1. The summed E-state index contributed by atoms with van der Waals surface area (Å²) in [5.74, 6) is -3.20. The molecule has 0 aliphatic carbocycles. The van der Waals surface area contributed by atoms with Crippen LogP contribution < -0.4 is 4.74 Å². The van der Waals surface area contributed by atoms with Gasteiger partial charge in [0.25, 0.3) is 5.91 Å². The van der Waals surface area contributed by atoms with Crippen LogP contribution >= 0.6 is 0 Å². The maximum absolute atomic E-state index is 14.4. The van der Waals surface area contributed by atoms with Gasteiger partial charge in [-0.15, -0.1) is 0 Å². The van der Waals surface area contributed by atoms with E-state index in [1.807, 2.05) is 12.3 Å². The highest BCUT2D eigenvalue weighted by Gasteiger charge is 2.28. The lowest BCUT2D eigenvalue weighted by molar-refractivity contribution is 0.0611. The molecule has 1 amide bonds. The van der Waals surface area contributed by atoms with Gasteiger partial charge in [0, 0.05) is 56.1 Å². The second-order valence-electron chi connectivity index (χ2n) is 8.72. The van der Waals surface area contributed by atoms with Gasteiger partial charge in [0.2, 0.25) is 5.82 Å². The number of nitrogens with zero attached hydrogens (tertiary/aromatic N) is 7. The van der Waals surface area contributed by atoms with Crippen molar-refractivity contribution in [3.8, 4) is 23.1 Å². The molecule has 37 heavy (non-hydrogen) atoms. The van der Waals surface area contributed by atoms with E-state index in [0.29, 0.717) is 32.7 Å². The lowest BCUT2D eigenvalue weighted by Gasteiger charge is -2.36. The molecule has 1 saturated heterocycles. The number of benzene rings is 1. The van der Waals surface area contributed by atoms with Gasteiger partial charge in [-0.1, -0.05) is 0 Å². The summed E-state index contributed by atoms with van der Waals surface area (Å²) < 4.78 is 35.0. The van der Waals surface area contributed by atoms with Gasteiger partial charge >= 0.3 is 0 Å². The summed E-state index contributed by atoms with van der Waals surface area (Å²) in [5.41, 5.74) is 1.98. The number of nitriles is 1. The number of ether oxygens (including phenoxy) is 1. The molecule has 0 saturated carbocycles. The molecular formula is C25H24F2N8O2. The Morgan fingerprint density at radius 2 is 2.00 bits per heavy atom. The number of aromatic amines is 1. The van der Waals surface area contributed by atoms with Crippen molar-refractivity contribution < 1.29 is 18.3 Å². The number of carbonyl (C=O) groups is 1. The predicted molar refractivity (Wildman–Crippen MR) is 130 cm³/mol. The van der Waals surface area contributed by atoms with Crippen LogP contribution in [-0.2, 0) is 0 Å². The molecule has 12 heteroatoms. The molecule has 4 aromatic rings. The fourth-order valence-electron chi connectivity index (χ4n) is 4.57. The summed E-state index contributed by atoms with van der Waals surface area (Å²) in [7, 11) is 1.24. The van der Waals surface area contributed by atoms with Crippen molar-refractivity contribution in [3.05, 3.63) is 60.3 Å². The number of nitrogens with one attached hydrogen (secondary N) is 1. The molecule has 0 radical (unpaired) electrons. The van der Waals surface area contributed by atoms with Gasteiger partial charge in [0.15, 0.2) is 11.6 Å². The van der Waals surface area contributed by atoms with Crippen LogP contribution in [0.1, 0.15) is 22.8 Å². The van der Waals surface area contributed by atoms with E-state index in [1.165, 1.54) is 30.5 Å². The summed E-state index contributed by atoms with van der Waals surface area (Å²) in [5, 5.41) is 14.8. The normalized spacial score (nSPS) is 15.0. The minimum absolute atomic E-state index is 0.210. The summed E-state index contributed by atoms with van der Waals surface area (Å²) in [6.07, 6.45) is 7.14. The van der Waals surface area contributed by atoms with E-state index in [9.17, 15) is 18.8 Å². The van der Waals surface area contributed by atoms with Crippen LogP contribution in [0.3, 0.4) is 0 Å². The van der Waals surface area contributed by atoms with Gasteiger partial charge in [-0.3, -0.25) is 14.4 Å². The number of halogens is 2. The smallest absolute Gasteiger partial charge is 0.257 e. The average Bonchev–Trinajstić information content (AvgIpc) is 3.60. The standard InChI is InChI=1S/C25H24F2N8O2/c1-37-20-3-2-18(21(26)22(20)27)25(36)34-10-8-33(9-11-34)14-17(4-6-28)35-13-16(12-32-35)23-19-5-7-29-24(19)31-15-30-23/h2-3,5,7,12-13,15,17H,4,8-11,14H2,1H3,(H,29,30,31). The molecule has 1 atom stereocenters. The first-order valence-corrected chi connectivity index (χ1v) is 11.7. The molecule has 0 spiro atoms. The van der Waals surface area contributed by atoms with Crippen molar-refractivity contribution in [3.63, 3.8) is 0 Å². The molecule has 1 N–H and O–H groups in total. The Hall–Kier alpha value is -4.37. The molecule has 1 aliphatic heterocycles. The maximum Gasteiger partial charge on any atom is 0.257 e. The van der Waals surface area contributed by atoms with Gasteiger partial charge in [0.05, 0.1) is 43.1 Å². The van der Waals surface area contributed by atoms with E-state index >= 15 is 0 Å². The molecule has 0 bridgehead atoms. The summed E-state index contributed by atoms with van der Waals surface area (Å²) in [6, 6.07) is 6.41. The third-order valence-electron chi connectivity index (χ3n) is 6.56. The molecule has 1 aromatic carbocycles. The topological polar surface area (TPSA) is 116 Å². The van der Waals surface area contributed by atoms with Crippen molar-refractivity contribution >= 4 is 16.9 Å². The van der Waals surface area contributed by atoms with E-state index in [1.54, 1.807) is 17.1 Å². The molecule has 4 heterocycles. The summed E-state index contributed by atoms with van der Waals surface area (Å²) >= 11 is 0. The highest BCUT2D eigenvalue weighted by molar-refractivity contribution is 5.94. The third kappa shape index (κ3) is 4.73. The van der Waals surface area contributed by atoms with E-state index in [4.69, 9.17) is 4.74 Å². The number of amides is 1. The minimum Gasteiger partial charge on any atom is -0.494 e. The second kappa shape index (κ2) is 10.3. The van der Waals surface area contributed by atoms with Crippen LogP contribution in [0.25, 0.3) is 22.3 Å². The Bertz CT molecular complexity index is 1470. The zero-order valence-corrected chi connectivity index (χ0v) is 20.1. The first kappa shape index (κ1) is 24.3. The van der Waals surface area contributed by atoms with Crippen molar-refractivity contribution in [1.82, 2.24) is 34.5 Å². The van der Waals surface area contributed by atoms with Gasteiger partial charge in [-0.25, -0.2) is 14.4 Å². The number of carbonyl (C=O) groups excluding carboxylic acids is 1. The Morgan fingerprint density at radius 3 is 2.76 bits per heavy atom. The number of rotatable bonds is 7. The first-order valence-electron chi connectivity index (χ1n) is 11.7. The number of H-pyrrole nitrogens is 1. The van der Waals surface area contributed by atoms with E-state index in [2.05, 4.69) is 31.0 Å². The molecule has 10 nitrogen and oxygen atoms in total. The number of methoxy groups -OCH3 is 1. The second-order valence-corrected chi connectivity index (χ2v) is 8.72. The SMILES string of the molecule is COc1ccc(C(=O)N2CCN(CC(CC#N)n3cc(-c4ncnc5[nH]ccc45)cn3)CC2)c(F)c1F. The van der Waals surface area contributed by atoms with Crippen molar-refractivity contribution in [1.29, 1.82) is 5.26 Å². The zero-order valence-electron chi connectivity index (χ0n) is 20.1. The van der Waals surface area contributed by atoms with Crippen molar-refractivity contribution in [2.24, 2.45) is 0 Å². The van der Waals surface area contributed by atoms with Crippen LogP contribution in [0.4, 0.5) is 8.78 Å². The molecule has 1 fully saturated rings. The Balaban J connectivity index is 1.25. The Kier molecular flexibility index (Phi) is 6.78. The monoisotopic (exact) mass is 506 g/mol. The van der Waals surface area contributed by atoms with Crippen molar-refractivity contribution in [2.45, 2.75) is 12.5 Å². The average molecular weight is 507 g/mol. The number of hydrogen-bond donors (Lipinski definition) is 1. The van der Waals surface area contributed by atoms with Crippen LogP contribution in [0.2, 0.25) is 0 Å². The Morgan fingerprint density at radius 1 is 1.19 bits per heavy atom. The fourth-order valence-corrected chi connectivity index (χ4v) is 4.57.